The number of likely N-dealkylation sites (N-methyl/N-ethyl adjacent to an activating group) is 1. The number of ketones is 2. The van der Waals surface area contributed by atoms with E-state index in [-0.39, 0.29) is 58.5 Å². The highest BCUT2D eigenvalue weighted by Gasteiger charge is 2.60. The van der Waals surface area contributed by atoms with Gasteiger partial charge in [-0.3, -0.25) is 24.2 Å². The Morgan fingerprint density at radius 1 is 1.10 bits per heavy atom. The van der Waals surface area contributed by atoms with Gasteiger partial charge in [-0.25, -0.2) is 0 Å². The van der Waals surface area contributed by atoms with Crippen LogP contribution in [0.1, 0.15) is 49.1 Å². The lowest BCUT2D eigenvalue weighted by Gasteiger charge is -2.61. The molecule has 0 radical (unpaired) electrons. The Balaban J connectivity index is 1.76. The number of piperazine rings is 1. The van der Waals surface area contributed by atoms with Crippen LogP contribution in [-0.4, -0.2) is 108 Å². The number of Topliss-reactive ketones (excluding diaryl/α,β-unsaturated/α-hetero) is 2. The number of aliphatic hydroxyl groups is 1. The molecule has 228 valence electrons. The molecule has 3 heterocycles. The van der Waals surface area contributed by atoms with Crippen LogP contribution in [0.15, 0.2) is 22.5 Å². The molecule has 13 heteroatoms. The second-order valence-electron chi connectivity index (χ2n) is 11.3. The van der Waals surface area contributed by atoms with Crippen LogP contribution in [0.5, 0.6) is 17.2 Å². The molecule has 13 nitrogen and oxygen atoms in total. The first-order valence-electron chi connectivity index (χ1n) is 13.8. The third-order valence-electron chi connectivity index (χ3n) is 9.25. The lowest BCUT2D eigenvalue weighted by Crippen LogP contribution is -2.72. The van der Waals surface area contributed by atoms with Crippen LogP contribution in [0.3, 0.4) is 0 Å². The predicted octanol–water partition coefficient (Wildman–Crippen LogP) is 0.0645. The normalized spacial score (nSPS) is 30.0. The number of phenols is 2. The topological polar surface area (TPSA) is 184 Å². The zero-order valence-corrected chi connectivity index (χ0v) is 24.7. The molecule has 0 spiro atoms. The summed E-state index contributed by atoms with van der Waals surface area (Å²) < 4.78 is 16.7. The molecule has 3 aliphatic heterocycles. The van der Waals surface area contributed by atoms with Gasteiger partial charge in [0.05, 0.1) is 38.4 Å². The number of fused-ring (bicyclic) bond motifs is 6. The molecular weight excluding hydrogens is 548 g/mol. The van der Waals surface area contributed by atoms with E-state index in [1.165, 1.54) is 35.2 Å². The number of nitrogens with one attached hydrogen (secondary N) is 1. The number of carbonyl (C=O) groups excluding carboxylic acids is 3. The van der Waals surface area contributed by atoms with Gasteiger partial charge in [0.15, 0.2) is 23.0 Å². The highest BCUT2D eigenvalue weighted by atomic mass is 16.5. The number of nitrogens with zero attached hydrogens (tertiary/aromatic N) is 2. The number of hydrogen-bond acceptors (Lipinski definition) is 12. The summed E-state index contributed by atoms with van der Waals surface area (Å²) in [6.45, 7) is 4.52. The van der Waals surface area contributed by atoms with Crippen molar-refractivity contribution >= 4 is 17.5 Å². The number of hydrogen-bond donors (Lipinski definition) is 5. The molecule has 7 atom stereocenters. The molecule has 2 unspecified atom stereocenters. The molecule has 5 rings (SSSR count). The fourth-order valence-electron chi connectivity index (χ4n) is 7.34. The van der Waals surface area contributed by atoms with E-state index >= 15 is 0 Å². The second-order valence-corrected chi connectivity index (χ2v) is 11.3. The Morgan fingerprint density at radius 2 is 1.76 bits per heavy atom. The number of ether oxygens (including phenoxy) is 3. The van der Waals surface area contributed by atoms with E-state index in [4.69, 9.17) is 19.9 Å². The van der Waals surface area contributed by atoms with Crippen molar-refractivity contribution < 1.29 is 43.9 Å². The minimum absolute atomic E-state index is 0.0399. The number of aliphatic hydroxyl groups excluding tert-OH is 1. The van der Waals surface area contributed by atoms with E-state index in [0.717, 1.165) is 0 Å². The molecule has 1 amide bonds. The largest absolute Gasteiger partial charge is 0.507 e. The molecule has 2 bridgehead atoms. The number of rotatable bonds is 6. The van der Waals surface area contributed by atoms with E-state index in [0.29, 0.717) is 16.7 Å². The zero-order chi connectivity index (χ0) is 30.9. The van der Waals surface area contributed by atoms with Gasteiger partial charge in [-0.05, 0) is 34.2 Å². The fraction of sp³-hybridized carbons (Fsp3) is 0.552. The average Bonchev–Trinajstić information content (AvgIpc) is 2.95. The maximum atomic E-state index is 13.8. The number of aromatic hydroxyl groups is 2. The Hall–Kier alpha value is -3.49. The van der Waals surface area contributed by atoms with Crippen LogP contribution in [0.25, 0.3) is 0 Å². The second kappa shape index (κ2) is 10.7. The van der Waals surface area contributed by atoms with Gasteiger partial charge in [0.25, 0.3) is 0 Å². The van der Waals surface area contributed by atoms with Crippen molar-refractivity contribution in [2.45, 2.75) is 69.7 Å². The van der Waals surface area contributed by atoms with Gasteiger partial charge in [0.2, 0.25) is 11.7 Å². The molecule has 1 aromatic carbocycles. The maximum absolute atomic E-state index is 13.8. The summed E-state index contributed by atoms with van der Waals surface area (Å²) in [6.07, 6.45) is -2.15. The first-order valence-corrected chi connectivity index (χ1v) is 13.8. The summed E-state index contributed by atoms with van der Waals surface area (Å²) in [5.74, 6) is -1.66. The number of nitrogens with two attached hydrogens (primary N) is 1. The lowest BCUT2D eigenvalue weighted by atomic mass is 9.70. The first kappa shape index (κ1) is 30.0. The quantitative estimate of drug-likeness (QED) is 0.224. The summed E-state index contributed by atoms with van der Waals surface area (Å²) in [4.78, 5) is 43.6. The molecule has 0 aromatic heterocycles. The number of allylic oxidation sites excluding steroid dienone is 2. The SMILES string of the molecule is COC1=C(C)C(=O)C2=C(C1=O)[C@H](CNC(=O)[C@H](C)N)N1[C@@H](O)C3[C@@H](OC)c4c(O)c(C)c(OC)c(O)c4C([C@@H]1C2)N3C. The van der Waals surface area contributed by atoms with E-state index < -0.39 is 54.2 Å². The van der Waals surface area contributed by atoms with Gasteiger partial charge in [0, 0.05) is 53.1 Å². The Kier molecular flexibility index (Phi) is 7.60. The number of carbonyl (C=O) groups is 3. The van der Waals surface area contributed by atoms with Crippen molar-refractivity contribution in [3.8, 4) is 17.2 Å². The highest BCUT2D eigenvalue weighted by Crippen LogP contribution is 2.59. The Bertz CT molecular complexity index is 1430. The number of benzene rings is 1. The summed E-state index contributed by atoms with van der Waals surface area (Å²) in [5, 5.41) is 37.7. The molecule has 6 N–H and O–H groups in total. The lowest BCUT2D eigenvalue weighted by molar-refractivity contribution is -0.198. The smallest absolute Gasteiger partial charge is 0.236 e. The van der Waals surface area contributed by atoms with Gasteiger partial charge in [-0.2, -0.15) is 0 Å². The molecule has 1 aliphatic carbocycles. The Morgan fingerprint density at radius 3 is 2.33 bits per heavy atom. The van der Waals surface area contributed by atoms with Crippen LogP contribution in [0.2, 0.25) is 0 Å². The first-order chi connectivity index (χ1) is 19.8. The minimum atomic E-state index is -1.29. The van der Waals surface area contributed by atoms with Crippen LogP contribution in [0, 0.1) is 6.92 Å². The maximum Gasteiger partial charge on any atom is 0.236 e. The van der Waals surface area contributed by atoms with Gasteiger partial charge in [-0.1, -0.05) is 0 Å². The summed E-state index contributed by atoms with van der Waals surface area (Å²) in [7, 11) is 5.91. The summed E-state index contributed by atoms with van der Waals surface area (Å²) >= 11 is 0. The number of phenolic OH excluding ortho intramolecular Hbond substituents is 2. The highest BCUT2D eigenvalue weighted by molar-refractivity contribution is 6.25. The number of methoxy groups -OCH3 is 3. The monoisotopic (exact) mass is 586 g/mol. The Labute approximate surface area is 243 Å². The number of amides is 1. The van der Waals surface area contributed by atoms with Gasteiger partial charge in [0.1, 0.15) is 18.1 Å². The van der Waals surface area contributed by atoms with Gasteiger partial charge < -0.3 is 40.6 Å². The molecule has 42 heavy (non-hydrogen) atoms. The predicted molar refractivity (Wildman–Crippen MR) is 149 cm³/mol. The molecule has 1 saturated heterocycles. The molecule has 1 aromatic rings. The van der Waals surface area contributed by atoms with Crippen molar-refractivity contribution in [3.05, 3.63) is 39.2 Å². The van der Waals surface area contributed by atoms with E-state index in [2.05, 4.69) is 5.32 Å². The van der Waals surface area contributed by atoms with E-state index in [9.17, 15) is 29.7 Å². The van der Waals surface area contributed by atoms with Crippen LogP contribution in [0.4, 0.5) is 0 Å². The molecular formula is C29H38N4O9. The standard InChI is InChI=1S/C29H38N4O9/c1-10-21(34)13-8-14-19-17-18(22(35)11(2)26(41-6)24(17)37)27(42-7)20(32(19)4)29(39)33(14)15(9-31-28(38)12(3)30)16(13)23(36)25(10)40-5/h12,14-15,19-20,27,29,35,37,39H,8-9,30H2,1-7H3,(H,31,38)/t12-,14-,15-,19?,20?,27-,29-/m0/s1. The van der Waals surface area contributed by atoms with E-state index in [1.54, 1.807) is 18.9 Å². The summed E-state index contributed by atoms with van der Waals surface area (Å²) in [6, 6.07) is -3.93. The van der Waals surface area contributed by atoms with Crippen molar-refractivity contribution in [2.75, 3.05) is 34.9 Å². The minimum Gasteiger partial charge on any atom is -0.507 e. The van der Waals surface area contributed by atoms with Gasteiger partial charge in [-0.15, -0.1) is 0 Å². The molecule has 1 fully saturated rings. The average molecular weight is 587 g/mol. The fourth-order valence-corrected chi connectivity index (χ4v) is 7.34. The van der Waals surface area contributed by atoms with E-state index in [1.807, 2.05) is 4.90 Å². The third-order valence-corrected chi connectivity index (χ3v) is 9.25. The van der Waals surface area contributed by atoms with Crippen LogP contribution < -0.4 is 15.8 Å². The summed E-state index contributed by atoms with van der Waals surface area (Å²) in [5.41, 5.74) is 7.30. The van der Waals surface area contributed by atoms with Crippen molar-refractivity contribution in [1.82, 2.24) is 15.1 Å². The zero-order valence-electron chi connectivity index (χ0n) is 24.7. The van der Waals surface area contributed by atoms with Crippen molar-refractivity contribution in [2.24, 2.45) is 5.73 Å². The van der Waals surface area contributed by atoms with Gasteiger partial charge >= 0.3 is 0 Å². The van der Waals surface area contributed by atoms with Crippen molar-refractivity contribution in [3.63, 3.8) is 0 Å². The molecule has 4 aliphatic rings. The van der Waals surface area contributed by atoms with Crippen LogP contribution >= 0.6 is 0 Å². The van der Waals surface area contributed by atoms with Crippen LogP contribution in [-0.2, 0) is 23.9 Å². The third kappa shape index (κ3) is 3.98. The molecule has 0 saturated carbocycles. The van der Waals surface area contributed by atoms with Crippen molar-refractivity contribution in [1.29, 1.82) is 0 Å².